The second kappa shape index (κ2) is 9.83. The average molecular weight is 397 g/mol. The minimum Gasteiger partial charge on any atom is -0.496 e. The Morgan fingerprint density at radius 2 is 2.12 bits per heavy atom. The van der Waals surface area contributed by atoms with Crippen LogP contribution in [0.15, 0.2) is 23.4 Å². The summed E-state index contributed by atoms with van der Waals surface area (Å²) >= 11 is 7.34. The maximum atomic E-state index is 12.1. The molecule has 0 bridgehead atoms. The van der Waals surface area contributed by atoms with Gasteiger partial charge in [0.25, 0.3) is 0 Å². The van der Waals surface area contributed by atoms with E-state index in [2.05, 4.69) is 34.3 Å². The Hall–Kier alpha value is -1.73. The summed E-state index contributed by atoms with van der Waals surface area (Å²) in [5.41, 5.74) is 0.728. The first-order valence-corrected chi connectivity index (χ1v) is 9.94. The highest BCUT2D eigenvalue weighted by atomic mass is 35.5. The normalized spacial score (nSPS) is 12.2. The molecular weight excluding hydrogens is 372 g/mol. The fourth-order valence-electron chi connectivity index (χ4n) is 2.40. The number of aromatic amines is 1. The molecule has 0 aliphatic rings. The van der Waals surface area contributed by atoms with Gasteiger partial charge in [0, 0.05) is 11.1 Å². The van der Waals surface area contributed by atoms with Gasteiger partial charge in [-0.05, 0) is 43.9 Å². The van der Waals surface area contributed by atoms with Crippen molar-refractivity contribution in [3.63, 3.8) is 0 Å². The molecular formula is C18H25ClN4O2S. The molecule has 0 radical (unpaired) electrons. The van der Waals surface area contributed by atoms with E-state index in [1.165, 1.54) is 11.8 Å². The maximum Gasteiger partial charge on any atom is 0.230 e. The Balaban J connectivity index is 1.91. The van der Waals surface area contributed by atoms with Gasteiger partial charge < -0.3 is 10.1 Å². The summed E-state index contributed by atoms with van der Waals surface area (Å²) in [4.78, 5) is 16.5. The lowest BCUT2D eigenvalue weighted by Crippen LogP contribution is -2.34. The number of ether oxygens (including phenoxy) is 1. The van der Waals surface area contributed by atoms with E-state index in [1.54, 1.807) is 25.3 Å². The van der Waals surface area contributed by atoms with Gasteiger partial charge in [0.2, 0.25) is 11.1 Å². The number of nitrogens with one attached hydrogen (secondary N) is 2. The lowest BCUT2D eigenvalue weighted by molar-refractivity contribution is -0.119. The van der Waals surface area contributed by atoms with E-state index in [0.717, 1.165) is 18.4 Å². The molecule has 0 spiro atoms. The Bertz CT molecular complexity index is 736. The molecule has 6 nitrogen and oxygen atoms in total. The summed E-state index contributed by atoms with van der Waals surface area (Å²) in [5.74, 6) is 2.10. The molecule has 0 unspecified atom stereocenters. The first-order chi connectivity index (χ1) is 12.4. The molecule has 1 aromatic heterocycles. The van der Waals surface area contributed by atoms with Crippen molar-refractivity contribution in [2.24, 2.45) is 5.92 Å². The van der Waals surface area contributed by atoms with E-state index >= 15 is 0 Å². The lowest BCUT2D eigenvalue weighted by atomic mass is 10.0. The van der Waals surface area contributed by atoms with E-state index in [9.17, 15) is 4.79 Å². The van der Waals surface area contributed by atoms with E-state index in [0.29, 0.717) is 27.7 Å². The predicted molar refractivity (Wildman–Crippen MR) is 106 cm³/mol. The van der Waals surface area contributed by atoms with Crippen LogP contribution in [0.3, 0.4) is 0 Å². The zero-order chi connectivity index (χ0) is 19.1. The number of thioether (sulfide) groups is 1. The number of methoxy groups -OCH3 is 1. The van der Waals surface area contributed by atoms with Crippen molar-refractivity contribution < 1.29 is 9.53 Å². The van der Waals surface area contributed by atoms with Crippen LogP contribution in [0.5, 0.6) is 5.75 Å². The Kier molecular flexibility index (Phi) is 7.78. The standard InChI is InChI=1S/C18H25ClN4O2S/c1-11(2)5-6-12(3)20-16(24)10-26-18-21-17(22-23-18)14-9-13(19)7-8-15(14)25-4/h7-9,11-12H,5-6,10H2,1-4H3,(H,20,24)(H,21,22,23)/t12-/m1/s1. The molecule has 0 saturated carbocycles. The second-order valence-electron chi connectivity index (χ2n) is 6.54. The Morgan fingerprint density at radius 3 is 2.81 bits per heavy atom. The number of nitrogens with zero attached hydrogens (tertiary/aromatic N) is 2. The van der Waals surface area contributed by atoms with Crippen molar-refractivity contribution in [3.8, 4) is 17.1 Å². The SMILES string of the molecule is COc1ccc(Cl)cc1-c1nc(SCC(=O)N[C@H](C)CCC(C)C)n[nH]1. The van der Waals surface area contributed by atoms with Gasteiger partial charge in [-0.1, -0.05) is 37.2 Å². The number of carbonyl (C=O) groups excluding carboxylic acids is 1. The number of halogens is 1. The molecule has 1 aromatic carbocycles. The van der Waals surface area contributed by atoms with E-state index in [1.807, 2.05) is 6.92 Å². The zero-order valence-electron chi connectivity index (χ0n) is 15.5. The van der Waals surface area contributed by atoms with Crippen molar-refractivity contribution >= 4 is 29.3 Å². The zero-order valence-corrected chi connectivity index (χ0v) is 17.1. The summed E-state index contributed by atoms with van der Waals surface area (Å²) in [6.07, 6.45) is 2.08. The maximum absolute atomic E-state index is 12.1. The summed E-state index contributed by atoms with van der Waals surface area (Å²) in [6.45, 7) is 6.39. The third-order valence-electron chi connectivity index (χ3n) is 3.80. The number of hydrogen-bond acceptors (Lipinski definition) is 5. The highest BCUT2D eigenvalue weighted by Crippen LogP contribution is 2.31. The number of rotatable bonds is 9. The molecule has 0 saturated heterocycles. The number of aromatic nitrogens is 3. The topological polar surface area (TPSA) is 79.9 Å². The van der Waals surface area contributed by atoms with E-state index in [4.69, 9.17) is 16.3 Å². The smallest absolute Gasteiger partial charge is 0.230 e. The van der Waals surface area contributed by atoms with Crippen molar-refractivity contribution in [2.45, 2.75) is 44.8 Å². The third-order valence-corrected chi connectivity index (χ3v) is 4.88. The minimum absolute atomic E-state index is 0.0158. The van der Waals surface area contributed by atoms with E-state index < -0.39 is 0 Å². The first-order valence-electron chi connectivity index (χ1n) is 8.57. The Morgan fingerprint density at radius 1 is 1.35 bits per heavy atom. The van der Waals surface area contributed by atoms with Crippen LogP contribution in [0, 0.1) is 5.92 Å². The van der Waals surface area contributed by atoms with Crippen LogP contribution in [0.4, 0.5) is 0 Å². The van der Waals surface area contributed by atoms with Crippen molar-refractivity contribution in [1.82, 2.24) is 20.5 Å². The van der Waals surface area contributed by atoms with Gasteiger partial charge in [-0.3, -0.25) is 9.89 Å². The molecule has 1 heterocycles. The first kappa shape index (κ1) is 20.6. The van der Waals surface area contributed by atoms with Crippen molar-refractivity contribution in [1.29, 1.82) is 0 Å². The number of H-pyrrole nitrogens is 1. The predicted octanol–water partition coefficient (Wildman–Crippen LogP) is 4.17. The molecule has 2 rings (SSSR count). The van der Waals surface area contributed by atoms with Crippen LogP contribution < -0.4 is 10.1 Å². The molecule has 1 amide bonds. The van der Waals surface area contributed by atoms with Crippen LogP contribution in [0.25, 0.3) is 11.4 Å². The van der Waals surface area contributed by atoms with Crippen LogP contribution >= 0.6 is 23.4 Å². The fourth-order valence-corrected chi connectivity index (χ4v) is 3.18. The molecule has 142 valence electrons. The van der Waals surface area contributed by atoms with Gasteiger partial charge >= 0.3 is 0 Å². The molecule has 2 aromatic rings. The van der Waals surface area contributed by atoms with Crippen LogP contribution in [-0.2, 0) is 4.79 Å². The second-order valence-corrected chi connectivity index (χ2v) is 7.92. The molecule has 0 aliphatic carbocycles. The number of carbonyl (C=O) groups is 1. The average Bonchev–Trinajstić information content (AvgIpc) is 3.07. The van der Waals surface area contributed by atoms with Gasteiger partial charge in [-0.25, -0.2) is 4.98 Å². The molecule has 2 N–H and O–H groups in total. The largest absolute Gasteiger partial charge is 0.496 e. The monoisotopic (exact) mass is 396 g/mol. The molecule has 1 atom stereocenters. The summed E-state index contributed by atoms with van der Waals surface area (Å²) in [5, 5.41) is 11.1. The quantitative estimate of drug-likeness (QED) is 0.622. The van der Waals surface area contributed by atoms with Gasteiger partial charge in [-0.2, -0.15) is 0 Å². The van der Waals surface area contributed by atoms with Gasteiger partial charge in [0.05, 0.1) is 18.4 Å². The molecule has 0 aliphatic heterocycles. The highest BCUT2D eigenvalue weighted by Gasteiger charge is 2.14. The summed E-state index contributed by atoms with van der Waals surface area (Å²) < 4.78 is 5.33. The molecule has 0 fully saturated rings. The van der Waals surface area contributed by atoms with Crippen LogP contribution in [0.1, 0.15) is 33.6 Å². The fraction of sp³-hybridized carbons (Fsp3) is 0.500. The minimum atomic E-state index is -0.0158. The van der Waals surface area contributed by atoms with Gasteiger partial charge in [0.1, 0.15) is 5.75 Å². The summed E-state index contributed by atoms with van der Waals surface area (Å²) in [7, 11) is 1.59. The van der Waals surface area contributed by atoms with Gasteiger partial charge in [-0.15, -0.1) is 5.10 Å². The molecule has 8 heteroatoms. The summed E-state index contributed by atoms with van der Waals surface area (Å²) in [6, 6.07) is 5.46. The lowest BCUT2D eigenvalue weighted by Gasteiger charge is -2.14. The van der Waals surface area contributed by atoms with Gasteiger partial charge in [0.15, 0.2) is 5.82 Å². The van der Waals surface area contributed by atoms with Crippen LogP contribution in [-0.4, -0.2) is 40.0 Å². The molecule has 26 heavy (non-hydrogen) atoms. The number of amides is 1. The van der Waals surface area contributed by atoms with Crippen molar-refractivity contribution in [2.75, 3.05) is 12.9 Å². The third kappa shape index (κ3) is 6.21. The highest BCUT2D eigenvalue weighted by molar-refractivity contribution is 7.99. The number of benzene rings is 1. The van der Waals surface area contributed by atoms with Crippen LogP contribution in [0.2, 0.25) is 5.02 Å². The Labute approximate surface area is 163 Å². The van der Waals surface area contributed by atoms with Crippen molar-refractivity contribution in [3.05, 3.63) is 23.2 Å². The van der Waals surface area contributed by atoms with E-state index in [-0.39, 0.29) is 17.7 Å². The number of hydrogen-bond donors (Lipinski definition) is 2.